The minimum Gasteiger partial charge on any atom is -0.465 e. The Balaban J connectivity index is 0.000000344. The van der Waals surface area contributed by atoms with Crippen molar-refractivity contribution in [2.75, 3.05) is 19.7 Å². The van der Waals surface area contributed by atoms with Gasteiger partial charge < -0.3 is 19.8 Å². The number of aliphatic hydroxyl groups excluding tert-OH is 1. The molecule has 2 N–H and O–H groups in total. The van der Waals surface area contributed by atoms with E-state index in [0.717, 1.165) is 12.5 Å². The number of nitrogens with zero attached hydrogens (tertiary/aromatic N) is 1. The van der Waals surface area contributed by atoms with E-state index in [1.165, 1.54) is 4.90 Å². The lowest BCUT2D eigenvalue weighted by Gasteiger charge is -2.17. The van der Waals surface area contributed by atoms with Crippen molar-refractivity contribution in [3.63, 3.8) is 0 Å². The van der Waals surface area contributed by atoms with Crippen molar-refractivity contribution >= 4 is 12.1 Å². The van der Waals surface area contributed by atoms with Crippen LogP contribution in [0, 0.1) is 5.92 Å². The van der Waals surface area contributed by atoms with Crippen LogP contribution >= 0.6 is 0 Å². The van der Waals surface area contributed by atoms with E-state index in [-0.39, 0.29) is 18.5 Å². The Bertz CT molecular complexity index is 321. The Hall–Kier alpha value is -1.56. The fourth-order valence-electron chi connectivity index (χ4n) is 1.50. The van der Waals surface area contributed by atoms with Crippen molar-refractivity contribution in [1.29, 1.82) is 0 Å². The number of amides is 1. The second kappa shape index (κ2) is 7.78. The van der Waals surface area contributed by atoms with Gasteiger partial charge in [-0.15, -0.1) is 0 Å². The molecular weight excluding hydrogens is 250 g/mol. The van der Waals surface area contributed by atoms with Crippen molar-refractivity contribution in [2.45, 2.75) is 32.8 Å². The van der Waals surface area contributed by atoms with Gasteiger partial charge in [0.15, 0.2) is 0 Å². The molecule has 0 bridgehead atoms. The smallest absolute Gasteiger partial charge is 0.407 e. The van der Waals surface area contributed by atoms with Crippen LogP contribution in [0.2, 0.25) is 0 Å². The maximum atomic E-state index is 10.5. The summed E-state index contributed by atoms with van der Waals surface area (Å²) >= 11 is 0. The number of ether oxygens (including phenoxy) is 1. The lowest BCUT2D eigenvalue weighted by Crippen LogP contribution is -2.27. The van der Waals surface area contributed by atoms with Crippen LogP contribution in [0.15, 0.2) is 12.7 Å². The number of likely N-dealkylation sites (tertiary alicyclic amines) is 1. The van der Waals surface area contributed by atoms with Crippen LogP contribution in [-0.4, -0.2) is 52.5 Å². The molecule has 6 heteroatoms. The molecule has 0 saturated carbocycles. The van der Waals surface area contributed by atoms with Crippen molar-refractivity contribution in [3.8, 4) is 0 Å². The van der Waals surface area contributed by atoms with Crippen molar-refractivity contribution < 1.29 is 24.5 Å². The lowest BCUT2D eigenvalue weighted by atomic mass is 10.1. The average molecular weight is 273 g/mol. The normalized spacial score (nSPS) is 18.3. The molecule has 1 aliphatic rings. The standard InChI is InChI=1S/C7H12O2.C6H11NO3/c1-5-6(8)9-7(2,3)4;8-4-5-1-2-7(3-5)6(9)10/h5H,1H2,2-4H3;5,8H,1-4H2,(H,9,10)/t;5-/m.1/s1. The number of carboxylic acid groups (broad SMARTS) is 1. The van der Waals surface area contributed by atoms with E-state index in [9.17, 15) is 9.59 Å². The molecule has 1 aliphatic heterocycles. The van der Waals surface area contributed by atoms with Crippen LogP contribution in [0.3, 0.4) is 0 Å². The molecule has 1 amide bonds. The first kappa shape index (κ1) is 17.4. The maximum absolute atomic E-state index is 10.5. The summed E-state index contributed by atoms with van der Waals surface area (Å²) in [6.45, 7) is 9.87. The molecule has 19 heavy (non-hydrogen) atoms. The Kier molecular flexibility index (Phi) is 7.14. The number of hydrogen-bond acceptors (Lipinski definition) is 4. The molecule has 0 radical (unpaired) electrons. The van der Waals surface area contributed by atoms with Gasteiger partial charge >= 0.3 is 12.1 Å². The third-order valence-corrected chi connectivity index (χ3v) is 2.39. The van der Waals surface area contributed by atoms with E-state index in [1.54, 1.807) is 0 Å². The van der Waals surface area contributed by atoms with E-state index in [1.807, 2.05) is 20.8 Å². The summed E-state index contributed by atoms with van der Waals surface area (Å²) in [4.78, 5) is 22.1. The first-order valence-corrected chi connectivity index (χ1v) is 6.13. The van der Waals surface area contributed by atoms with E-state index in [0.29, 0.717) is 13.1 Å². The highest BCUT2D eigenvalue weighted by Crippen LogP contribution is 2.14. The summed E-state index contributed by atoms with van der Waals surface area (Å²) in [6, 6.07) is 0. The van der Waals surface area contributed by atoms with Gasteiger partial charge in [-0.1, -0.05) is 6.58 Å². The monoisotopic (exact) mass is 273 g/mol. The number of carbonyl (C=O) groups excluding carboxylic acids is 1. The average Bonchev–Trinajstić information content (AvgIpc) is 2.76. The van der Waals surface area contributed by atoms with Crippen LogP contribution in [0.1, 0.15) is 27.2 Å². The van der Waals surface area contributed by atoms with Gasteiger partial charge in [-0.25, -0.2) is 9.59 Å². The van der Waals surface area contributed by atoms with Crippen LogP contribution in [-0.2, 0) is 9.53 Å². The topological polar surface area (TPSA) is 87.1 Å². The number of esters is 1. The third kappa shape index (κ3) is 8.20. The van der Waals surface area contributed by atoms with E-state index >= 15 is 0 Å². The van der Waals surface area contributed by atoms with Crippen molar-refractivity contribution in [2.24, 2.45) is 5.92 Å². The molecule has 0 aliphatic carbocycles. The van der Waals surface area contributed by atoms with Gasteiger partial charge in [-0.2, -0.15) is 0 Å². The van der Waals surface area contributed by atoms with Crippen LogP contribution in [0.4, 0.5) is 4.79 Å². The predicted molar refractivity (Wildman–Crippen MR) is 70.8 cm³/mol. The van der Waals surface area contributed by atoms with Crippen LogP contribution in [0.25, 0.3) is 0 Å². The molecule has 1 fully saturated rings. The van der Waals surface area contributed by atoms with Gasteiger partial charge in [-0.05, 0) is 27.2 Å². The van der Waals surface area contributed by atoms with E-state index in [2.05, 4.69) is 6.58 Å². The number of aliphatic hydroxyl groups is 1. The molecule has 0 unspecified atom stereocenters. The van der Waals surface area contributed by atoms with E-state index in [4.69, 9.17) is 14.9 Å². The SMILES string of the molecule is C=CC(=O)OC(C)(C)C.O=C(O)N1CC[C@@H](CO)C1. The summed E-state index contributed by atoms with van der Waals surface area (Å²) in [6.07, 6.45) is 1.07. The highest BCUT2D eigenvalue weighted by molar-refractivity contribution is 5.81. The molecule has 0 aromatic rings. The van der Waals surface area contributed by atoms with Gasteiger partial charge in [0.2, 0.25) is 0 Å². The molecule has 1 rings (SSSR count). The molecule has 1 heterocycles. The Labute approximate surface area is 113 Å². The Morgan fingerprint density at radius 2 is 2.05 bits per heavy atom. The van der Waals surface area contributed by atoms with Gasteiger partial charge in [0, 0.05) is 31.7 Å². The summed E-state index contributed by atoms with van der Waals surface area (Å²) in [5, 5.41) is 17.1. The van der Waals surface area contributed by atoms with Crippen LogP contribution in [0.5, 0.6) is 0 Å². The lowest BCUT2D eigenvalue weighted by molar-refractivity contribution is -0.148. The Morgan fingerprint density at radius 3 is 2.26 bits per heavy atom. The third-order valence-electron chi connectivity index (χ3n) is 2.39. The molecule has 0 aromatic carbocycles. The molecule has 0 spiro atoms. The van der Waals surface area contributed by atoms with Gasteiger partial charge in [0.25, 0.3) is 0 Å². The molecule has 6 nitrogen and oxygen atoms in total. The first-order chi connectivity index (χ1) is 8.69. The Morgan fingerprint density at radius 1 is 1.47 bits per heavy atom. The minimum atomic E-state index is -0.879. The zero-order valence-electron chi connectivity index (χ0n) is 11.8. The van der Waals surface area contributed by atoms with Crippen molar-refractivity contribution in [1.82, 2.24) is 4.90 Å². The first-order valence-electron chi connectivity index (χ1n) is 6.13. The molecule has 0 aromatic heterocycles. The maximum Gasteiger partial charge on any atom is 0.407 e. The van der Waals surface area contributed by atoms with E-state index < -0.39 is 11.7 Å². The summed E-state index contributed by atoms with van der Waals surface area (Å²) < 4.78 is 4.83. The molecule has 110 valence electrons. The minimum absolute atomic E-state index is 0.101. The molecule has 1 saturated heterocycles. The number of hydrogen-bond donors (Lipinski definition) is 2. The zero-order valence-corrected chi connectivity index (χ0v) is 11.8. The van der Waals surface area contributed by atoms with Gasteiger partial charge in [0.05, 0.1) is 0 Å². The van der Waals surface area contributed by atoms with Gasteiger partial charge in [-0.3, -0.25) is 0 Å². The fraction of sp³-hybridized carbons (Fsp3) is 0.692. The zero-order chi connectivity index (χ0) is 15.1. The summed E-state index contributed by atoms with van der Waals surface area (Å²) in [5.74, 6) is -0.210. The predicted octanol–water partition coefficient (Wildman–Crippen LogP) is 1.49. The van der Waals surface area contributed by atoms with Gasteiger partial charge in [0.1, 0.15) is 5.60 Å². The summed E-state index contributed by atoms with van der Waals surface area (Å²) in [7, 11) is 0. The molecule has 1 atom stereocenters. The van der Waals surface area contributed by atoms with Crippen molar-refractivity contribution in [3.05, 3.63) is 12.7 Å². The highest BCUT2D eigenvalue weighted by Gasteiger charge is 2.24. The second-order valence-corrected chi connectivity index (χ2v) is 5.30. The largest absolute Gasteiger partial charge is 0.465 e. The number of carbonyl (C=O) groups is 2. The highest BCUT2D eigenvalue weighted by atomic mass is 16.6. The number of rotatable bonds is 2. The summed E-state index contributed by atoms with van der Waals surface area (Å²) in [5.41, 5.74) is -0.398. The second-order valence-electron chi connectivity index (χ2n) is 5.30. The molecular formula is C13H23NO5. The quantitative estimate of drug-likeness (QED) is 0.588. The fourth-order valence-corrected chi connectivity index (χ4v) is 1.50. The van der Waals surface area contributed by atoms with Crippen LogP contribution < -0.4 is 0 Å².